The quantitative estimate of drug-likeness (QED) is 0.141. The molecule has 0 bridgehead atoms. The van der Waals surface area contributed by atoms with Crippen molar-refractivity contribution < 1.29 is 52.6 Å². The van der Waals surface area contributed by atoms with Gasteiger partial charge >= 0.3 is 23.9 Å². The van der Waals surface area contributed by atoms with Crippen molar-refractivity contribution in [2.75, 3.05) is 26.8 Å². The molecule has 216 valence electrons. The third-order valence-corrected chi connectivity index (χ3v) is 5.37. The summed E-state index contributed by atoms with van der Waals surface area (Å²) >= 11 is 0. The summed E-state index contributed by atoms with van der Waals surface area (Å²) in [5.74, 6) is -3.65. The first-order chi connectivity index (χ1) is 18.3. The first-order valence-electron chi connectivity index (χ1n) is 11.7. The summed E-state index contributed by atoms with van der Waals surface area (Å²) in [5, 5.41) is 13.6. The van der Waals surface area contributed by atoms with Crippen LogP contribution in [0.15, 0.2) is 12.4 Å². The molecular weight excluding hydrogens is 526 g/mol. The summed E-state index contributed by atoms with van der Waals surface area (Å²) in [7, 11) is 1.45. The number of nitrogens with zero attached hydrogens (tertiary/aromatic N) is 4. The van der Waals surface area contributed by atoms with E-state index in [1.807, 2.05) is 0 Å². The summed E-state index contributed by atoms with van der Waals surface area (Å²) in [6.45, 7) is 3.71. The standard InChI is InChI=1S/C22H31N5O12/c1-12(28)24-18-20(38-15(4)31)19(37-14(3)30)16(11-36-13(2)29)39-21(18)35-9-8-25(5)17(32)10-26-7-6-23-22(26)27(33)34/h6-7,16,18-21H,8-11H2,1-5H3,(H,24,28)/t16-,18-,19+,20-,21-/m1/s1. The second-order valence-electron chi connectivity index (χ2n) is 8.52. The van der Waals surface area contributed by atoms with Crippen LogP contribution in [0.3, 0.4) is 0 Å². The van der Waals surface area contributed by atoms with Crippen LogP contribution in [-0.4, -0.2) is 107 Å². The van der Waals surface area contributed by atoms with Crippen LogP contribution in [0, 0.1) is 10.1 Å². The molecule has 1 aromatic rings. The molecule has 2 rings (SSSR count). The fourth-order valence-corrected chi connectivity index (χ4v) is 3.73. The smallest absolute Gasteiger partial charge is 0.435 e. The predicted molar refractivity (Wildman–Crippen MR) is 126 cm³/mol. The highest BCUT2D eigenvalue weighted by Crippen LogP contribution is 2.28. The van der Waals surface area contributed by atoms with E-state index in [9.17, 15) is 34.1 Å². The van der Waals surface area contributed by atoms with Gasteiger partial charge in [0.15, 0.2) is 25.0 Å². The average molecular weight is 558 g/mol. The van der Waals surface area contributed by atoms with Crippen molar-refractivity contribution in [3.05, 3.63) is 22.5 Å². The van der Waals surface area contributed by atoms with Gasteiger partial charge in [0.1, 0.15) is 31.1 Å². The number of nitrogens with one attached hydrogen (secondary N) is 1. The van der Waals surface area contributed by atoms with Crippen LogP contribution >= 0.6 is 0 Å². The van der Waals surface area contributed by atoms with Crippen LogP contribution in [0.4, 0.5) is 5.95 Å². The van der Waals surface area contributed by atoms with E-state index in [4.69, 9.17) is 23.7 Å². The molecule has 39 heavy (non-hydrogen) atoms. The van der Waals surface area contributed by atoms with Gasteiger partial charge in [0.05, 0.1) is 6.61 Å². The highest BCUT2D eigenvalue weighted by atomic mass is 16.7. The lowest BCUT2D eigenvalue weighted by Gasteiger charge is -2.45. The summed E-state index contributed by atoms with van der Waals surface area (Å²) in [4.78, 5) is 74.8. The molecule has 1 aliphatic rings. The lowest BCUT2D eigenvalue weighted by atomic mass is 9.96. The molecule has 5 atom stereocenters. The molecule has 2 amide bonds. The maximum Gasteiger partial charge on any atom is 0.435 e. The summed E-state index contributed by atoms with van der Waals surface area (Å²) < 4.78 is 28.4. The van der Waals surface area contributed by atoms with E-state index in [1.165, 1.54) is 31.3 Å². The van der Waals surface area contributed by atoms with E-state index in [2.05, 4.69) is 10.3 Å². The molecule has 0 radical (unpaired) electrons. The van der Waals surface area contributed by atoms with Gasteiger partial charge in [0.25, 0.3) is 5.91 Å². The van der Waals surface area contributed by atoms with Crippen LogP contribution in [-0.2, 0) is 54.2 Å². The van der Waals surface area contributed by atoms with E-state index in [0.717, 1.165) is 25.3 Å². The van der Waals surface area contributed by atoms with Crippen molar-refractivity contribution in [3.8, 4) is 0 Å². The largest absolute Gasteiger partial charge is 0.463 e. The van der Waals surface area contributed by atoms with Crippen molar-refractivity contribution in [1.82, 2.24) is 19.8 Å². The Labute approximate surface area is 222 Å². The monoisotopic (exact) mass is 557 g/mol. The molecule has 2 heterocycles. The van der Waals surface area contributed by atoms with Gasteiger partial charge in [-0.1, -0.05) is 4.98 Å². The van der Waals surface area contributed by atoms with E-state index < -0.39 is 71.2 Å². The van der Waals surface area contributed by atoms with Crippen molar-refractivity contribution in [2.45, 2.75) is 64.9 Å². The number of ether oxygens (including phenoxy) is 5. The predicted octanol–water partition coefficient (Wildman–Crippen LogP) is -1.08. The third kappa shape index (κ3) is 9.29. The Morgan fingerprint density at radius 2 is 1.74 bits per heavy atom. The lowest BCUT2D eigenvalue weighted by Crippen LogP contribution is -2.66. The van der Waals surface area contributed by atoms with Gasteiger partial charge in [-0.15, -0.1) is 0 Å². The second-order valence-corrected chi connectivity index (χ2v) is 8.52. The molecule has 17 heteroatoms. The number of nitro groups is 1. The van der Waals surface area contributed by atoms with Gasteiger partial charge in [-0.2, -0.15) is 0 Å². The molecule has 1 aromatic heterocycles. The number of aromatic nitrogens is 2. The normalized spacial score (nSPS) is 22.3. The minimum absolute atomic E-state index is 0.00576. The SMILES string of the molecule is CC(=O)N[C@H]1[C@H](OCCN(C)C(=O)Cn2ccnc2[N+](=O)[O-])O[C@H](COC(C)=O)[C@H](OC(C)=O)[C@@H]1OC(C)=O. The van der Waals surface area contributed by atoms with E-state index in [1.54, 1.807) is 0 Å². The maximum absolute atomic E-state index is 12.6. The van der Waals surface area contributed by atoms with Gasteiger partial charge in [0, 0.05) is 41.3 Å². The molecule has 0 unspecified atom stereocenters. The minimum Gasteiger partial charge on any atom is -0.463 e. The van der Waals surface area contributed by atoms with Crippen molar-refractivity contribution in [1.29, 1.82) is 0 Å². The van der Waals surface area contributed by atoms with Crippen LogP contribution in [0.5, 0.6) is 0 Å². The Morgan fingerprint density at radius 3 is 2.31 bits per heavy atom. The molecule has 0 aromatic carbocycles. The van der Waals surface area contributed by atoms with Gasteiger partial charge < -0.3 is 44.0 Å². The fourth-order valence-electron chi connectivity index (χ4n) is 3.73. The van der Waals surface area contributed by atoms with Gasteiger partial charge in [-0.25, -0.2) is 4.57 Å². The van der Waals surface area contributed by atoms with E-state index in [-0.39, 0.29) is 26.3 Å². The Hall–Kier alpha value is -4.12. The molecule has 0 saturated carbocycles. The van der Waals surface area contributed by atoms with Crippen LogP contribution < -0.4 is 5.32 Å². The van der Waals surface area contributed by atoms with Crippen LogP contribution in [0.25, 0.3) is 0 Å². The fraction of sp³-hybridized carbons (Fsp3) is 0.636. The molecule has 17 nitrogen and oxygen atoms in total. The topological polar surface area (TPSA) is 208 Å². The number of likely N-dealkylation sites (N-methyl/N-ethyl adjacent to an activating group) is 1. The number of carbonyl (C=O) groups excluding carboxylic acids is 5. The molecule has 0 spiro atoms. The Kier molecular flexibility index (Phi) is 11.3. The number of carbonyl (C=O) groups is 5. The highest BCUT2D eigenvalue weighted by molar-refractivity contribution is 5.76. The molecule has 1 N–H and O–H groups in total. The zero-order valence-electron chi connectivity index (χ0n) is 22.1. The summed E-state index contributed by atoms with van der Waals surface area (Å²) in [5.41, 5.74) is 0. The number of hydrogen-bond acceptors (Lipinski definition) is 13. The van der Waals surface area contributed by atoms with E-state index >= 15 is 0 Å². The Bertz CT molecular complexity index is 1080. The third-order valence-electron chi connectivity index (χ3n) is 5.37. The average Bonchev–Trinajstić information content (AvgIpc) is 3.28. The number of hydrogen-bond donors (Lipinski definition) is 1. The van der Waals surface area contributed by atoms with Crippen molar-refractivity contribution in [2.24, 2.45) is 0 Å². The van der Waals surface area contributed by atoms with Crippen LogP contribution in [0.2, 0.25) is 0 Å². The molecular formula is C22H31N5O12. The van der Waals surface area contributed by atoms with Gasteiger partial charge in [-0.05, 0) is 4.92 Å². The second kappa shape index (κ2) is 14.1. The number of esters is 3. The van der Waals surface area contributed by atoms with E-state index in [0.29, 0.717) is 0 Å². The van der Waals surface area contributed by atoms with Crippen molar-refractivity contribution >= 4 is 35.7 Å². The summed E-state index contributed by atoms with van der Waals surface area (Å²) in [6, 6.07) is -1.15. The first kappa shape index (κ1) is 31.1. The number of imidazole rings is 1. The molecule has 1 fully saturated rings. The highest BCUT2D eigenvalue weighted by Gasteiger charge is 2.51. The number of amides is 2. The van der Waals surface area contributed by atoms with Crippen LogP contribution in [0.1, 0.15) is 27.7 Å². The first-order valence-corrected chi connectivity index (χ1v) is 11.7. The zero-order valence-corrected chi connectivity index (χ0v) is 22.1. The molecule has 1 saturated heterocycles. The zero-order chi connectivity index (χ0) is 29.3. The van der Waals surface area contributed by atoms with Crippen molar-refractivity contribution in [3.63, 3.8) is 0 Å². The number of rotatable bonds is 12. The molecule has 1 aliphatic heterocycles. The summed E-state index contributed by atoms with van der Waals surface area (Å²) in [6.07, 6.45) is -2.48. The Balaban J connectivity index is 2.18. The van der Waals surface area contributed by atoms with Gasteiger partial charge in [0.2, 0.25) is 5.91 Å². The maximum atomic E-state index is 12.6. The minimum atomic E-state index is -1.29. The molecule has 0 aliphatic carbocycles. The Morgan fingerprint density at radius 1 is 1.10 bits per heavy atom. The lowest BCUT2D eigenvalue weighted by molar-refractivity contribution is -0.396. The van der Waals surface area contributed by atoms with Gasteiger partial charge in [-0.3, -0.25) is 24.0 Å².